The number of aliphatic imine (C=N–C) groups is 1. The largest absolute Gasteiger partial charge is 0.484 e. The summed E-state index contributed by atoms with van der Waals surface area (Å²) >= 11 is 0. The number of hydrogen-bond donors (Lipinski definition) is 0. The van der Waals surface area contributed by atoms with E-state index in [1.807, 2.05) is 0 Å². The molecular weight excluding hydrogens is 186 g/mol. The Morgan fingerprint density at radius 3 is 2.93 bits per heavy atom. The van der Waals surface area contributed by atoms with Crippen molar-refractivity contribution < 1.29 is 4.74 Å². The van der Waals surface area contributed by atoms with Gasteiger partial charge in [0, 0.05) is 12.3 Å². The first-order valence-corrected chi connectivity index (χ1v) is 5.75. The Labute approximate surface area is 91.7 Å². The summed E-state index contributed by atoms with van der Waals surface area (Å²) in [5.41, 5.74) is 0. The molecule has 0 bridgehead atoms. The van der Waals surface area contributed by atoms with Crippen molar-refractivity contribution in [2.24, 2.45) is 16.8 Å². The van der Waals surface area contributed by atoms with Gasteiger partial charge in [-0.1, -0.05) is 31.2 Å². The van der Waals surface area contributed by atoms with Gasteiger partial charge < -0.3 is 4.74 Å². The average molecular weight is 205 g/mol. The monoisotopic (exact) mass is 205 g/mol. The molecule has 0 saturated carbocycles. The molecule has 0 aromatic rings. The van der Waals surface area contributed by atoms with Crippen LogP contribution in [0.5, 0.6) is 0 Å². The number of nitrogens with zero attached hydrogens (tertiary/aromatic N) is 1. The van der Waals surface area contributed by atoms with Gasteiger partial charge in [0.05, 0.1) is 13.2 Å². The van der Waals surface area contributed by atoms with E-state index in [9.17, 15) is 0 Å². The van der Waals surface area contributed by atoms with E-state index in [0.717, 1.165) is 25.2 Å². The van der Waals surface area contributed by atoms with Gasteiger partial charge in [0.1, 0.15) is 0 Å². The molecule has 1 heterocycles. The SMILES string of the molecule is COC1=NC(C2C=CC(C)C=CC2)CC1. The third-order valence-electron chi connectivity index (χ3n) is 3.20. The molecule has 3 atom stereocenters. The van der Waals surface area contributed by atoms with Crippen LogP contribution in [0.25, 0.3) is 0 Å². The molecule has 2 nitrogen and oxygen atoms in total. The number of hydrogen-bond acceptors (Lipinski definition) is 2. The highest BCUT2D eigenvalue weighted by molar-refractivity contribution is 5.77. The Balaban J connectivity index is 2.03. The molecule has 0 amide bonds. The van der Waals surface area contributed by atoms with E-state index >= 15 is 0 Å². The highest BCUT2D eigenvalue weighted by Gasteiger charge is 2.24. The second-order valence-corrected chi connectivity index (χ2v) is 4.40. The molecular formula is C13H19NO. The summed E-state index contributed by atoms with van der Waals surface area (Å²) in [6.45, 7) is 2.22. The summed E-state index contributed by atoms with van der Waals surface area (Å²) in [4.78, 5) is 4.61. The van der Waals surface area contributed by atoms with E-state index in [4.69, 9.17) is 4.74 Å². The summed E-state index contributed by atoms with van der Waals surface area (Å²) in [7, 11) is 1.71. The van der Waals surface area contributed by atoms with Gasteiger partial charge in [-0.25, -0.2) is 0 Å². The van der Waals surface area contributed by atoms with Gasteiger partial charge in [0.25, 0.3) is 0 Å². The normalized spacial score (nSPS) is 35.1. The van der Waals surface area contributed by atoms with Crippen LogP contribution >= 0.6 is 0 Å². The van der Waals surface area contributed by atoms with Gasteiger partial charge in [-0.05, 0) is 18.8 Å². The van der Waals surface area contributed by atoms with Crippen LogP contribution in [0.4, 0.5) is 0 Å². The van der Waals surface area contributed by atoms with E-state index in [0.29, 0.717) is 17.9 Å². The molecule has 0 fully saturated rings. The zero-order chi connectivity index (χ0) is 10.7. The Hall–Kier alpha value is -1.05. The standard InChI is InChI=1S/C13H19NO/c1-10-4-3-5-11(7-6-10)12-8-9-13(14-12)15-2/h3-4,6-7,10-12H,5,8-9H2,1-2H3. The topological polar surface area (TPSA) is 21.6 Å². The van der Waals surface area contributed by atoms with E-state index in [1.165, 1.54) is 0 Å². The van der Waals surface area contributed by atoms with Gasteiger partial charge in [-0.15, -0.1) is 0 Å². The summed E-state index contributed by atoms with van der Waals surface area (Å²) < 4.78 is 5.19. The molecule has 15 heavy (non-hydrogen) atoms. The van der Waals surface area contributed by atoms with E-state index in [-0.39, 0.29) is 0 Å². The Bertz CT molecular complexity index is 304. The Kier molecular flexibility index (Phi) is 3.24. The molecule has 0 radical (unpaired) electrons. The molecule has 0 aromatic heterocycles. The fraction of sp³-hybridized carbons (Fsp3) is 0.615. The van der Waals surface area contributed by atoms with Crippen LogP contribution in [0.1, 0.15) is 26.2 Å². The third kappa shape index (κ3) is 2.49. The predicted octanol–water partition coefficient (Wildman–Crippen LogP) is 2.96. The highest BCUT2D eigenvalue weighted by atomic mass is 16.5. The molecule has 2 aliphatic rings. The van der Waals surface area contributed by atoms with Crippen molar-refractivity contribution in [3.05, 3.63) is 24.3 Å². The molecule has 3 unspecified atom stereocenters. The van der Waals surface area contributed by atoms with Crippen molar-refractivity contribution in [1.82, 2.24) is 0 Å². The lowest BCUT2D eigenvalue weighted by atomic mass is 9.95. The first kappa shape index (κ1) is 10.5. The maximum absolute atomic E-state index is 5.19. The zero-order valence-electron chi connectivity index (χ0n) is 9.52. The number of rotatable bonds is 1. The van der Waals surface area contributed by atoms with Crippen LogP contribution in [0, 0.1) is 11.8 Å². The molecule has 1 aliphatic carbocycles. The molecule has 0 N–H and O–H groups in total. The van der Waals surface area contributed by atoms with Crippen molar-refractivity contribution in [1.29, 1.82) is 0 Å². The van der Waals surface area contributed by atoms with Gasteiger partial charge in [-0.3, -0.25) is 4.99 Å². The number of methoxy groups -OCH3 is 1. The smallest absolute Gasteiger partial charge is 0.183 e. The molecule has 0 saturated heterocycles. The van der Waals surface area contributed by atoms with Crippen molar-refractivity contribution in [3.63, 3.8) is 0 Å². The lowest BCUT2D eigenvalue weighted by Gasteiger charge is -2.14. The maximum atomic E-state index is 5.19. The quantitative estimate of drug-likeness (QED) is 0.603. The van der Waals surface area contributed by atoms with Gasteiger partial charge >= 0.3 is 0 Å². The van der Waals surface area contributed by atoms with Crippen molar-refractivity contribution in [2.75, 3.05) is 7.11 Å². The lowest BCUT2D eigenvalue weighted by molar-refractivity contribution is 0.394. The summed E-state index contributed by atoms with van der Waals surface area (Å²) in [6.07, 6.45) is 12.4. The molecule has 0 aromatic carbocycles. The Morgan fingerprint density at radius 2 is 2.20 bits per heavy atom. The van der Waals surface area contributed by atoms with Gasteiger partial charge in [0.15, 0.2) is 5.90 Å². The van der Waals surface area contributed by atoms with Crippen LogP contribution < -0.4 is 0 Å². The fourth-order valence-electron chi connectivity index (χ4n) is 2.25. The molecule has 2 heteroatoms. The summed E-state index contributed by atoms with van der Waals surface area (Å²) in [5, 5.41) is 0. The first-order valence-electron chi connectivity index (χ1n) is 5.75. The number of ether oxygens (including phenoxy) is 1. The van der Waals surface area contributed by atoms with Crippen molar-refractivity contribution >= 4 is 5.90 Å². The second kappa shape index (κ2) is 4.65. The van der Waals surface area contributed by atoms with Crippen LogP contribution in [0.3, 0.4) is 0 Å². The average Bonchev–Trinajstić information content (AvgIpc) is 2.62. The fourth-order valence-corrected chi connectivity index (χ4v) is 2.25. The van der Waals surface area contributed by atoms with Crippen molar-refractivity contribution in [2.45, 2.75) is 32.2 Å². The van der Waals surface area contributed by atoms with Crippen LogP contribution in [0.15, 0.2) is 29.3 Å². The minimum Gasteiger partial charge on any atom is -0.484 e. The second-order valence-electron chi connectivity index (χ2n) is 4.40. The van der Waals surface area contributed by atoms with Crippen molar-refractivity contribution in [3.8, 4) is 0 Å². The Morgan fingerprint density at radius 1 is 1.33 bits per heavy atom. The molecule has 0 spiro atoms. The van der Waals surface area contributed by atoms with E-state index in [1.54, 1.807) is 7.11 Å². The van der Waals surface area contributed by atoms with E-state index in [2.05, 4.69) is 36.2 Å². The van der Waals surface area contributed by atoms with Crippen LogP contribution in [0.2, 0.25) is 0 Å². The van der Waals surface area contributed by atoms with Gasteiger partial charge in [0.2, 0.25) is 0 Å². The highest BCUT2D eigenvalue weighted by Crippen LogP contribution is 2.27. The van der Waals surface area contributed by atoms with Crippen LogP contribution in [-0.2, 0) is 4.74 Å². The maximum Gasteiger partial charge on any atom is 0.183 e. The van der Waals surface area contributed by atoms with Crippen LogP contribution in [-0.4, -0.2) is 19.0 Å². The third-order valence-corrected chi connectivity index (χ3v) is 3.20. The van der Waals surface area contributed by atoms with Gasteiger partial charge in [-0.2, -0.15) is 0 Å². The summed E-state index contributed by atoms with van der Waals surface area (Å²) in [6, 6.07) is 0.436. The predicted molar refractivity (Wildman–Crippen MR) is 63.0 cm³/mol. The minimum absolute atomic E-state index is 0.436. The molecule has 2 rings (SSSR count). The van der Waals surface area contributed by atoms with E-state index < -0.39 is 0 Å². The molecule has 1 aliphatic heterocycles. The number of allylic oxidation sites excluding steroid dienone is 3. The zero-order valence-corrected chi connectivity index (χ0v) is 9.52. The first-order chi connectivity index (χ1) is 7.29. The molecule has 82 valence electrons. The lowest BCUT2D eigenvalue weighted by Crippen LogP contribution is -2.12. The summed E-state index contributed by atoms with van der Waals surface area (Å²) in [5.74, 6) is 2.07. The minimum atomic E-state index is 0.436.